The Labute approximate surface area is 151 Å². The number of hydrogen-bond donors (Lipinski definition) is 1. The molecule has 0 aliphatic heterocycles. The average Bonchev–Trinajstić information content (AvgIpc) is 3.21. The van der Waals surface area contributed by atoms with Gasteiger partial charge in [-0.1, -0.05) is 29.8 Å². The lowest BCUT2D eigenvalue weighted by molar-refractivity contribution is -0.121. The predicted octanol–water partition coefficient (Wildman–Crippen LogP) is 3.34. The van der Waals surface area contributed by atoms with Crippen molar-refractivity contribution in [1.82, 2.24) is 19.9 Å². The van der Waals surface area contributed by atoms with Gasteiger partial charge in [0.15, 0.2) is 0 Å². The maximum Gasteiger partial charge on any atom is 0.220 e. The molecule has 0 radical (unpaired) electrons. The molecular weight excluding hydrogens is 332 g/mol. The first-order chi connectivity index (χ1) is 12.2. The molecule has 2 heterocycles. The Morgan fingerprint density at radius 2 is 2.16 bits per heavy atom. The van der Waals surface area contributed by atoms with Gasteiger partial charge in [0.05, 0.1) is 5.69 Å². The van der Waals surface area contributed by atoms with E-state index < -0.39 is 0 Å². The lowest BCUT2D eigenvalue weighted by Crippen LogP contribution is -2.27. The van der Waals surface area contributed by atoms with Crippen LogP contribution >= 0.6 is 11.3 Å². The summed E-state index contributed by atoms with van der Waals surface area (Å²) in [5, 5.41) is 9.34. The van der Waals surface area contributed by atoms with Gasteiger partial charge in [0.2, 0.25) is 10.9 Å². The minimum atomic E-state index is 0.141. The number of aromatic nitrogens is 3. The van der Waals surface area contributed by atoms with Gasteiger partial charge in [-0.05, 0) is 37.2 Å². The Morgan fingerprint density at radius 1 is 1.36 bits per heavy atom. The molecule has 2 aromatic heterocycles. The van der Waals surface area contributed by atoms with Crippen molar-refractivity contribution in [2.24, 2.45) is 5.92 Å². The third-order valence-corrected chi connectivity index (χ3v) is 5.77. The van der Waals surface area contributed by atoms with Crippen molar-refractivity contribution in [1.29, 1.82) is 0 Å². The van der Waals surface area contributed by atoms with Gasteiger partial charge in [-0.3, -0.25) is 4.79 Å². The van der Waals surface area contributed by atoms with Gasteiger partial charge < -0.3 is 5.32 Å². The van der Waals surface area contributed by atoms with E-state index in [1.54, 1.807) is 17.7 Å². The monoisotopic (exact) mass is 354 g/mol. The first-order valence-corrected chi connectivity index (χ1v) is 9.68. The Balaban J connectivity index is 1.32. The molecule has 0 spiro atoms. The molecule has 6 heteroatoms. The lowest BCUT2D eigenvalue weighted by atomic mass is 9.90. The fourth-order valence-electron chi connectivity index (χ4n) is 3.31. The minimum Gasteiger partial charge on any atom is -0.356 e. The predicted molar refractivity (Wildman–Crippen MR) is 98.8 cm³/mol. The van der Waals surface area contributed by atoms with E-state index in [0.717, 1.165) is 17.1 Å². The summed E-state index contributed by atoms with van der Waals surface area (Å²) in [5.41, 5.74) is 3.65. The molecule has 1 amide bonds. The van der Waals surface area contributed by atoms with E-state index in [4.69, 9.17) is 0 Å². The van der Waals surface area contributed by atoms with Gasteiger partial charge in [-0.2, -0.15) is 5.10 Å². The second-order valence-corrected chi connectivity index (χ2v) is 7.68. The molecule has 1 unspecified atom stereocenters. The molecule has 1 saturated carbocycles. The van der Waals surface area contributed by atoms with Crippen molar-refractivity contribution < 1.29 is 4.79 Å². The molecule has 25 heavy (non-hydrogen) atoms. The number of nitrogens with zero attached hydrogens (tertiary/aromatic N) is 3. The highest BCUT2D eigenvalue weighted by atomic mass is 32.1. The topological polar surface area (TPSA) is 59.3 Å². The fourth-order valence-corrected chi connectivity index (χ4v) is 4.15. The number of hydrogen-bond acceptors (Lipinski definition) is 4. The van der Waals surface area contributed by atoms with Crippen molar-refractivity contribution in [3.05, 3.63) is 52.8 Å². The number of thiazole rings is 1. The third-order valence-electron chi connectivity index (χ3n) is 4.89. The number of benzene rings is 1. The van der Waals surface area contributed by atoms with Crippen molar-refractivity contribution in [2.75, 3.05) is 6.54 Å². The Kier molecular flexibility index (Phi) is 4.53. The highest BCUT2D eigenvalue weighted by Gasteiger charge is 2.33. The van der Waals surface area contributed by atoms with Crippen LogP contribution in [0.4, 0.5) is 0 Å². The van der Waals surface area contributed by atoms with Crippen LogP contribution in [0.5, 0.6) is 0 Å². The molecule has 1 atom stereocenters. The lowest BCUT2D eigenvalue weighted by Gasteiger charge is -2.17. The van der Waals surface area contributed by atoms with Crippen LogP contribution in [0.25, 0.3) is 4.96 Å². The quantitative estimate of drug-likeness (QED) is 0.708. The molecule has 1 aromatic carbocycles. The second-order valence-electron chi connectivity index (χ2n) is 6.84. The number of nitrogens with one attached hydrogen (secondary N) is 1. The van der Waals surface area contributed by atoms with E-state index in [1.165, 1.54) is 24.0 Å². The van der Waals surface area contributed by atoms with Crippen LogP contribution in [0.2, 0.25) is 0 Å². The molecule has 0 bridgehead atoms. The standard InChI is InChI=1S/C19H22N4OS/c1-13-2-4-14(5-3-13)17(15-6-7-15)10-18(24)20-9-8-16-11-25-19-21-12-22-23(16)19/h2-5,11-12,15,17H,6-10H2,1H3,(H,20,24). The van der Waals surface area contributed by atoms with E-state index in [2.05, 4.69) is 52.0 Å². The smallest absolute Gasteiger partial charge is 0.220 e. The second kappa shape index (κ2) is 6.96. The molecule has 1 N–H and O–H groups in total. The third kappa shape index (κ3) is 3.74. The van der Waals surface area contributed by atoms with E-state index in [9.17, 15) is 4.79 Å². The van der Waals surface area contributed by atoms with Crippen LogP contribution in [-0.4, -0.2) is 27.0 Å². The van der Waals surface area contributed by atoms with Crippen LogP contribution in [-0.2, 0) is 11.2 Å². The largest absolute Gasteiger partial charge is 0.356 e. The summed E-state index contributed by atoms with van der Waals surface area (Å²) in [6.07, 6.45) is 5.40. The van der Waals surface area contributed by atoms with E-state index >= 15 is 0 Å². The molecule has 1 fully saturated rings. The molecular formula is C19H22N4OS. The molecule has 130 valence electrons. The summed E-state index contributed by atoms with van der Waals surface area (Å²) in [5.74, 6) is 1.16. The number of aryl methyl sites for hydroxylation is 1. The zero-order valence-corrected chi connectivity index (χ0v) is 15.1. The molecule has 5 nitrogen and oxygen atoms in total. The molecule has 0 saturated heterocycles. The average molecular weight is 354 g/mol. The summed E-state index contributed by atoms with van der Waals surface area (Å²) < 4.78 is 1.84. The van der Waals surface area contributed by atoms with E-state index in [-0.39, 0.29) is 5.91 Å². The minimum absolute atomic E-state index is 0.141. The summed E-state index contributed by atoms with van der Waals surface area (Å²) in [4.78, 5) is 17.5. The SMILES string of the molecule is Cc1ccc(C(CC(=O)NCCc2csc3ncnn23)C2CC2)cc1. The molecule has 1 aliphatic carbocycles. The first-order valence-electron chi connectivity index (χ1n) is 8.80. The highest BCUT2D eigenvalue weighted by molar-refractivity contribution is 7.15. The number of carbonyl (C=O) groups is 1. The number of amides is 1. The van der Waals surface area contributed by atoms with Gasteiger partial charge >= 0.3 is 0 Å². The van der Waals surface area contributed by atoms with Crippen LogP contribution in [0, 0.1) is 12.8 Å². The van der Waals surface area contributed by atoms with Crippen LogP contribution in [0.15, 0.2) is 36.0 Å². The van der Waals surface area contributed by atoms with Gasteiger partial charge in [-0.15, -0.1) is 11.3 Å². The first kappa shape index (κ1) is 16.3. The van der Waals surface area contributed by atoms with E-state index in [1.807, 2.05) is 4.52 Å². The zero-order chi connectivity index (χ0) is 17.2. The van der Waals surface area contributed by atoms with Gasteiger partial charge in [-0.25, -0.2) is 9.50 Å². The van der Waals surface area contributed by atoms with Crippen molar-refractivity contribution in [2.45, 2.75) is 38.5 Å². The van der Waals surface area contributed by atoms with Gasteiger partial charge in [0.25, 0.3) is 0 Å². The van der Waals surface area contributed by atoms with Crippen LogP contribution < -0.4 is 5.32 Å². The summed E-state index contributed by atoms with van der Waals surface area (Å²) in [7, 11) is 0. The molecule has 1 aliphatic rings. The van der Waals surface area contributed by atoms with Crippen LogP contribution in [0.1, 0.15) is 42.0 Å². The number of fused-ring (bicyclic) bond motifs is 1. The maximum absolute atomic E-state index is 12.4. The van der Waals surface area contributed by atoms with E-state index in [0.29, 0.717) is 24.8 Å². The van der Waals surface area contributed by atoms with Crippen LogP contribution in [0.3, 0.4) is 0 Å². The summed E-state index contributed by atoms with van der Waals surface area (Å²) in [6, 6.07) is 8.64. The van der Waals surface area contributed by atoms with Gasteiger partial charge in [0.1, 0.15) is 6.33 Å². The summed E-state index contributed by atoms with van der Waals surface area (Å²) >= 11 is 1.58. The Hall–Kier alpha value is -2.21. The number of rotatable bonds is 7. The normalized spacial score (nSPS) is 15.4. The molecule has 4 rings (SSSR count). The van der Waals surface area contributed by atoms with Crippen molar-refractivity contribution >= 4 is 22.2 Å². The summed E-state index contributed by atoms with van der Waals surface area (Å²) in [6.45, 7) is 2.73. The molecule has 3 aromatic rings. The van der Waals surface area contributed by atoms with Gasteiger partial charge in [0, 0.05) is 24.8 Å². The Bertz CT molecular complexity index is 863. The van der Waals surface area contributed by atoms with Crippen molar-refractivity contribution in [3.63, 3.8) is 0 Å². The highest BCUT2D eigenvalue weighted by Crippen LogP contribution is 2.44. The fraction of sp³-hybridized carbons (Fsp3) is 0.421. The maximum atomic E-state index is 12.4. The van der Waals surface area contributed by atoms with Crippen molar-refractivity contribution in [3.8, 4) is 0 Å². The zero-order valence-electron chi connectivity index (χ0n) is 14.3. The number of carbonyl (C=O) groups excluding carboxylic acids is 1. The Morgan fingerprint density at radius 3 is 2.92 bits per heavy atom.